The predicted molar refractivity (Wildman–Crippen MR) is 84.6 cm³/mol. The highest BCUT2D eigenvalue weighted by Crippen LogP contribution is 2.27. The lowest BCUT2D eigenvalue weighted by atomic mass is 9.92. The van der Waals surface area contributed by atoms with Gasteiger partial charge in [0.25, 0.3) is 0 Å². The van der Waals surface area contributed by atoms with Crippen LogP contribution in [0.1, 0.15) is 74.9 Å². The lowest BCUT2D eigenvalue weighted by molar-refractivity contribution is -0.143. The van der Waals surface area contributed by atoms with Gasteiger partial charge in [0.15, 0.2) is 0 Å². The van der Waals surface area contributed by atoms with Crippen molar-refractivity contribution in [2.45, 2.75) is 72.1 Å². The molecule has 0 atom stereocenters. The third kappa shape index (κ3) is 3.74. The van der Waals surface area contributed by atoms with Crippen molar-refractivity contribution >= 4 is 11.7 Å². The molecule has 0 aromatic carbocycles. The number of aromatic amines is 1. The summed E-state index contributed by atoms with van der Waals surface area (Å²) in [4.78, 5) is 20.3. The monoisotopic (exact) mass is 290 g/mol. The van der Waals surface area contributed by atoms with Crippen molar-refractivity contribution in [3.05, 3.63) is 22.5 Å². The molecule has 0 radical (unpaired) electrons. The van der Waals surface area contributed by atoms with Gasteiger partial charge in [0.1, 0.15) is 0 Å². The first kappa shape index (κ1) is 15.8. The number of hydrogen-bond donors (Lipinski definition) is 1. The van der Waals surface area contributed by atoms with Gasteiger partial charge in [0.2, 0.25) is 0 Å². The molecule has 1 aromatic rings. The van der Waals surface area contributed by atoms with Gasteiger partial charge in [-0.3, -0.25) is 0 Å². The van der Waals surface area contributed by atoms with Gasteiger partial charge in [0, 0.05) is 23.4 Å². The molecule has 0 unspecified atom stereocenters. The van der Waals surface area contributed by atoms with Gasteiger partial charge in [-0.2, -0.15) is 0 Å². The van der Waals surface area contributed by atoms with E-state index in [-0.39, 0.29) is 5.97 Å². The van der Waals surface area contributed by atoms with Crippen LogP contribution < -0.4 is 0 Å². The van der Waals surface area contributed by atoms with Gasteiger partial charge in [-0.25, -0.2) is 4.79 Å². The fourth-order valence-electron chi connectivity index (χ4n) is 3.03. The fourth-order valence-corrected chi connectivity index (χ4v) is 3.03. The highest BCUT2D eigenvalue weighted by atomic mass is 16.7. The standard InChI is InChI=1S/C17H26N2O2/c1-4-6-7-11-16(20)21-19-15-10-8-9-14-17(15)13(5-2)12(3)18-14/h18H,4-11H2,1-3H3/b19-15+. The molecule has 0 spiro atoms. The highest BCUT2D eigenvalue weighted by Gasteiger charge is 2.23. The minimum absolute atomic E-state index is 0.214. The number of carbonyl (C=O) groups excluding carboxylic acids is 1. The van der Waals surface area contributed by atoms with Gasteiger partial charge >= 0.3 is 5.97 Å². The first-order chi connectivity index (χ1) is 10.2. The minimum atomic E-state index is -0.214. The number of rotatable bonds is 6. The van der Waals surface area contributed by atoms with Crippen LogP contribution in [0.3, 0.4) is 0 Å². The van der Waals surface area contributed by atoms with E-state index in [1.54, 1.807) is 0 Å². The number of oxime groups is 1. The molecule has 0 saturated carbocycles. The van der Waals surface area contributed by atoms with Crippen LogP contribution in [0.2, 0.25) is 0 Å². The average Bonchev–Trinajstić information content (AvgIpc) is 2.81. The van der Waals surface area contributed by atoms with Crippen molar-refractivity contribution in [3.63, 3.8) is 0 Å². The Morgan fingerprint density at radius 1 is 1.29 bits per heavy atom. The molecule has 4 heteroatoms. The lowest BCUT2D eigenvalue weighted by Crippen LogP contribution is -2.14. The Morgan fingerprint density at radius 3 is 2.81 bits per heavy atom. The number of nitrogens with zero attached hydrogens (tertiary/aromatic N) is 1. The van der Waals surface area contributed by atoms with Crippen LogP contribution in [0.15, 0.2) is 5.16 Å². The molecule has 1 N–H and O–H groups in total. The number of H-pyrrole nitrogens is 1. The normalized spacial score (nSPS) is 16.0. The Morgan fingerprint density at radius 2 is 2.10 bits per heavy atom. The Hall–Kier alpha value is -1.58. The number of hydrogen-bond acceptors (Lipinski definition) is 3. The average molecular weight is 290 g/mol. The zero-order valence-corrected chi connectivity index (χ0v) is 13.4. The lowest BCUT2D eigenvalue weighted by Gasteiger charge is -2.14. The van der Waals surface area contributed by atoms with Crippen LogP contribution in [-0.2, 0) is 22.5 Å². The van der Waals surface area contributed by atoms with Crippen molar-refractivity contribution in [3.8, 4) is 0 Å². The van der Waals surface area contributed by atoms with Crippen LogP contribution in [0.5, 0.6) is 0 Å². The smallest absolute Gasteiger partial charge is 0.335 e. The Balaban J connectivity index is 2.08. The van der Waals surface area contributed by atoms with E-state index >= 15 is 0 Å². The van der Waals surface area contributed by atoms with Crippen LogP contribution in [0.25, 0.3) is 0 Å². The largest absolute Gasteiger partial charge is 0.362 e. The molecule has 4 nitrogen and oxygen atoms in total. The quantitative estimate of drug-likeness (QED) is 0.488. The maximum atomic E-state index is 11.7. The predicted octanol–water partition coefficient (Wildman–Crippen LogP) is 4.05. The zero-order valence-electron chi connectivity index (χ0n) is 13.4. The molecular weight excluding hydrogens is 264 g/mol. The zero-order chi connectivity index (χ0) is 15.2. The summed E-state index contributed by atoms with van der Waals surface area (Å²) in [5.74, 6) is -0.214. The van der Waals surface area contributed by atoms with Crippen molar-refractivity contribution in [1.82, 2.24) is 4.98 Å². The van der Waals surface area contributed by atoms with Gasteiger partial charge in [-0.1, -0.05) is 31.8 Å². The molecule has 1 aliphatic rings. The van der Waals surface area contributed by atoms with Crippen molar-refractivity contribution in [1.29, 1.82) is 0 Å². The summed E-state index contributed by atoms with van der Waals surface area (Å²) in [6.07, 6.45) is 7.49. The van der Waals surface area contributed by atoms with Crippen LogP contribution >= 0.6 is 0 Å². The van der Waals surface area contributed by atoms with Gasteiger partial charge < -0.3 is 9.82 Å². The maximum Gasteiger partial charge on any atom is 0.335 e. The van der Waals surface area contributed by atoms with E-state index in [2.05, 4.69) is 30.9 Å². The minimum Gasteiger partial charge on any atom is -0.362 e. The van der Waals surface area contributed by atoms with E-state index in [9.17, 15) is 4.79 Å². The molecule has 0 amide bonds. The Labute approximate surface area is 127 Å². The first-order valence-electron chi connectivity index (χ1n) is 8.14. The number of nitrogens with one attached hydrogen (secondary N) is 1. The van der Waals surface area contributed by atoms with E-state index in [4.69, 9.17) is 4.84 Å². The third-order valence-electron chi connectivity index (χ3n) is 4.12. The molecule has 116 valence electrons. The molecule has 0 saturated heterocycles. The van der Waals surface area contributed by atoms with E-state index in [0.717, 1.165) is 50.7 Å². The second kappa shape index (κ2) is 7.43. The van der Waals surface area contributed by atoms with Crippen molar-refractivity contribution in [2.24, 2.45) is 5.16 Å². The molecule has 0 fully saturated rings. The Kier molecular flexibility index (Phi) is 5.59. The molecule has 2 rings (SSSR count). The van der Waals surface area contributed by atoms with E-state index in [0.29, 0.717) is 6.42 Å². The summed E-state index contributed by atoms with van der Waals surface area (Å²) >= 11 is 0. The fraction of sp³-hybridized carbons (Fsp3) is 0.647. The number of aromatic nitrogens is 1. The molecule has 1 aromatic heterocycles. The summed E-state index contributed by atoms with van der Waals surface area (Å²) < 4.78 is 0. The van der Waals surface area contributed by atoms with Gasteiger partial charge in [-0.15, -0.1) is 0 Å². The number of unbranched alkanes of at least 4 members (excludes halogenated alkanes) is 2. The second-order valence-electron chi connectivity index (χ2n) is 5.75. The molecule has 1 aliphatic carbocycles. The van der Waals surface area contributed by atoms with Crippen LogP contribution in [0, 0.1) is 6.92 Å². The summed E-state index contributed by atoms with van der Waals surface area (Å²) in [5, 5.41) is 4.17. The Bertz CT molecular complexity index is 529. The topological polar surface area (TPSA) is 54.4 Å². The van der Waals surface area contributed by atoms with Crippen molar-refractivity contribution < 1.29 is 9.63 Å². The highest BCUT2D eigenvalue weighted by molar-refractivity contribution is 6.04. The summed E-state index contributed by atoms with van der Waals surface area (Å²) in [5.41, 5.74) is 5.90. The SMILES string of the molecule is CCCCCC(=O)O/N=C1\CCCc2[nH]c(C)c(CC)c21. The molecule has 0 aliphatic heterocycles. The molecule has 1 heterocycles. The van der Waals surface area contributed by atoms with Gasteiger partial charge in [-0.05, 0) is 44.6 Å². The molecule has 0 bridgehead atoms. The number of fused-ring (bicyclic) bond motifs is 1. The van der Waals surface area contributed by atoms with Crippen LogP contribution in [0.4, 0.5) is 0 Å². The van der Waals surface area contributed by atoms with Crippen LogP contribution in [-0.4, -0.2) is 16.7 Å². The summed E-state index contributed by atoms with van der Waals surface area (Å²) in [6, 6.07) is 0. The number of aryl methyl sites for hydroxylation is 2. The van der Waals surface area contributed by atoms with Crippen molar-refractivity contribution in [2.75, 3.05) is 0 Å². The molecular formula is C17H26N2O2. The first-order valence-corrected chi connectivity index (χ1v) is 8.14. The van der Waals surface area contributed by atoms with Gasteiger partial charge in [0.05, 0.1) is 5.71 Å². The van der Waals surface area contributed by atoms with E-state index in [1.807, 2.05) is 0 Å². The third-order valence-corrected chi connectivity index (χ3v) is 4.12. The summed E-state index contributed by atoms with van der Waals surface area (Å²) in [7, 11) is 0. The molecule has 21 heavy (non-hydrogen) atoms. The summed E-state index contributed by atoms with van der Waals surface area (Å²) in [6.45, 7) is 6.38. The second-order valence-corrected chi connectivity index (χ2v) is 5.75. The van der Waals surface area contributed by atoms with E-state index in [1.165, 1.54) is 22.5 Å². The number of carbonyl (C=O) groups is 1. The maximum absolute atomic E-state index is 11.7. The van der Waals surface area contributed by atoms with E-state index < -0.39 is 0 Å².